The summed E-state index contributed by atoms with van der Waals surface area (Å²) in [6.45, 7) is 0. The number of fused-ring (bicyclic) bond motifs is 1. The highest BCUT2D eigenvalue weighted by Crippen LogP contribution is 2.46. The van der Waals surface area contributed by atoms with Crippen molar-refractivity contribution in [3.8, 4) is 17.2 Å². The molecule has 0 heterocycles. The number of aromatic hydroxyl groups is 3. The van der Waals surface area contributed by atoms with Gasteiger partial charge in [-0.3, -0.25) is 38.4 Å². The molecule has 0 amide bonds. The van der Waals surface area contributed by atoms with E-state index in [1.807, 2.05) is 0 Å². The summed E-state index contributed by atoms with van der Waals surface area (Å²) >= 11 is 0. The molecule has 0 bridgehead atoms. The standard InChI is InChI=1S/C23H18N6O12S3.C18H14N4O7S/c1-24-27-18-11-16(42(33,34)35)8-12-9-20(44(39,40)41)22(23(30)21(12)18)28-26-14-4-2-13(3-5-14)25-17-7-6-15(29(31)32)10-19(17)43(36,37)38;23-15-2-1-3-16(24)18(15)21-20-12-6-4-11(5-7-12)19-14-9-8-13(22(25)26)10-17(14)30(27,28)29/h2-11,25,30H,1H3,(H,33,34,35)(H,36,37,38)(H,39,40,41);1-10,19,23-24H,(H,27,28,29). The first kappa shape index (κ1) is 54.4. The van der Waals surface area contributed by atoms with Crippen LogP contribution in [0.2, 0.25) is 0 Å². The Kier molecular flexibility index (Phi) is 15.7. The van der Waals surface area contributed by atoms with E-state index < -0.39 is 92.7 Å². The van der Waals surface area contributed by atoms with Gasteiger partial charge in [0.25, 0.3) is 51.8 Å². The van der Waals surface area contributed by atoms with Crippen molar-refractivity contribution in [2.45, 2.75) is 19.6 Å². The van der Waals surface area contributed by atoms with Crippen LogP contribution in [0.15, 0.2) is 172 Å². The van der Waals surface area contributed by atoms with E-state index in [-0.39, 0.29) is 56.4 Å². The Hall–Kier alpha value is -8.96. The average molecular weight is 1100 g/mol. The van der Waals surface area contributed by atoms with Crippen LogP contribution in [0.1, 0.15) is 0 Å². The SMILES string of the molecule is CN=Nc1cc(S(=O)(=O)O)cc2cc(S(=O)(=O)O)c(N=Nc3ccc(Nc4ccc([N+](=O)[O-])cc4S(=O)(=O)O)cc3)c(O)c12.O=[N+]([O-])c1ccc(Nc2ccc(N=Nc3c(O)cccc3O)cc2)c(S(=O)(=O)O)c1. The van der Waals surface area contributed by atoms with Crippen molar-refractivity contribution in [1.29, 1.82) is 0 Å². The molecule has 0 fully saturated rings. The third-order valence-corrected chi connectivity index (χ3v) is 13.1. The van der Waals surface area contributed by atoms with Crippen LogP contribution in [0.4, 0.5) is 62.6 Å². The van der Waals surface area contributed by atoms with Crippen LogP contribution in [0, 0.1) is 20.2 Å². The van der Waals surface area contributed by atoms with E-state index in [9.17, 15) is 87.4 Å². The molecule has 0 saturated carbocycles. The number of azo groups is 3. The van der Waals surface area contributed by atoms with Crippen LogP contribution < -0.4 is 10.6 Å². The highest BCUT2D eigenvalue weighted by Gasteiger charge is 2.26. The maximum absolute atomic E-state index is 12.2. The predicted octanol–water partition coefficient (Wildman–Crippen LogP) is 9.48. The van der Waals surface area contributed by atoms with Crippen molar-refractivity contribution in [3.05, 3.63) is 142 Å². The Morgan fingerprint density at radius 2 is 0.919 bits per heavy atom. The van der Waals surface area contributed by atoms with E-state index in [1.165, 1.54) is 73.8 Å². The zero-order valence-electron chi connectivity index (χ0n) is 36.8. The number of phenols is 3. The Labute approximate surface area is 415 Å². The largest absolute Gasteiger partial charge is 0.505 e. The van der Waals surface area contributed by atoms with Gasteiger partial charge in [0.15, 0.2) is 11.4 Å². The van der Waals surface area contributed by atoms with Crippen molar-refractivity contribution in [3.63, 3.8) is 0 Å². The number of nitrogens with one attached hydrogen (secondary N) is 2. The second-order valence-electron chi connectivity index (χ2n) is 14.6. The number of rotatable bonds is 15. The lowest BCUT2D eigenvalue weighted by Gasteiger charge is -2.12. The topological polar surface area (TPSA) is 463 Å². The number of non-ortho nitro benzene ring substituents is 2. The van der Waals surface area contributed by atoms with E-state index in [0.29, 0.717) is 17.4 Å². The molecule has 0 aliphatic carbocycles. The van der Waals surface area contributed by atoms with Gasteiger partial charge in [-0.1, -0.05) is 6.07 Å². The maximum Gasteiger partial charge on any atom is 0.296 e. The molecule has 0 saturated heterocycles. The first-order chi connectivity index (χ1) is 34.5. The molecule has 0 unspecified atom stereocenters. The Bertz CT molecular complexity index is 3940. The number of hydrogen-bond donors (Lipinski definition) is 9. The van der Waals surface area contributed by atoms with Gasteiger partial charge in [-0.05, 0) is 96.4 Å². The number of phenolic OH excluding ortho intramolecular Hbond substituents is 3. The van der Waals surface area contributed by atoms with E-state index in [0.717, 1.165) is 48.5 Å². The molecular formula is C41H32N10O19S4. The molecule has 33 heteroatoms. The minimum Gasteiger partial charge on any atom is -0.505 e. The first-order valence-electron chi connectivity index (χ1n) is 19.7. The molecule has 0 aromatic heterocycles. The molecule has 9 N–H and O–H groups in total. The van der Waals surface area contributed by atoms with Crippen LogP contribution in [0.25, 0.3) is 10.8 Å². The fourth-order valence-corrected chi connectivity index (χ4v) is 8.85. The lowest BCUT2D eigenvalue weighted by atomic mass is 10.1. The normalized spacial score (nSPS) is 12.2. The van der Waals surface area contributed by atoms with Crippen molar-refractivity contribution in [1.82, 2.24) is 0 Å². The Morgan fingerprint density at radius 1 is 0.486 bits per heavy atom. The van der Waals surface area contributed by atoms with Crippen LogP contribution >= 0.6 is 0 Å². The zero-order valence-corrected chi connectivity index (χ0v) is 40.1. The number of nitrogens with zero attached hydrogens (tertiary/aromatic N) is 8. The lowest BCUT2D eigenvalue weighted by molar-refractivity contribution is -0.385. The third kappa shape index (κ3) is 13.1. The molecular weight excluding hydrogens is 1060 g/mol. The summed E-state index contributed by atoms with van der Waals surface area (Å²) in [6, 6.07) is 23.8. The van der Waals surface area contributed by atoms with E-state index >= 15 is 0 Å². The summed E-state index contributed by atoms with van der Waals surface area (Å²) in [5.41, 5.74) is -1.43. The number of nitro groups is 2. The summed E-state index contributed by atoms with van der Waals surface area (Å²) in [5, 5.41) is 79.6. The van der Waals surface area contributed by atoms with Gasteiger partial charge in [0.05, 0.1) is 48.6 Å². The summed E-state index contributed by atoms with van der Waals surface area (Å²) in [7, 11) is -18.2. The number of nitro benzene ring substituents is 2. The minimum absolute atomic E-state index is 0.0465. The highest BCUT2D eigenvalue weighted by atomic mass is 32.2. The lowest BCUT2D eigenvalue weighted by Crippen LogP contribution is -2.04. The summed E-state index contributed by atoms with van der Waals surface area (Å²) in [5.74, 6) is -1.36. The van der Waals surface area contributed by atoms with Crippen molar-refractivity contribution in [2.24, 2.45) is 30.7 Å². The Balaban J connectivity index is 0.000000259. The van der Waals surface area contributed by atoms with Crippen LogP contribution in [-0.2, 0) is 40.5 Å². The molecule has 29 nitrogen and oxygen atoms in total. The maximum atomic E-state index is 12.2. The molecule has 0 spiro atoms. The first-order valence-corrected chi connectivity index (χ1v) is 25.5. The Morgan fingerprint density at radius 3 is 1.31 bits per heavy atom. The molecule has 7 rings (SSSR count). The monoisotopic (exact) mass is 1100 g/mol. The van der Waals surface area contributed by atoms with Gasteiger partial charge in [-0.15, -0.1) is 10.2 Å². The molecule has 0 atom stereocenters. The second-order valence-corrected chi connectivity index (χ2v) is 20.2. The quantitative estimate of drug-likeness (QED) is 0.0199. The third-order valence-electron chi connectivity index (χ3n) is 9.61. The van der Waals surface area contributed by atoms with Gasteiger partial charge < -0.3 is 26.0 Å². The van der Waals surface area contributed by atoms with E-state index in [2.05, 4.69) is 41.3 Å². The van der Waals surface area contributed by atoms with Gasteiger partial charge in [-0.25, -0.2) is 0 Å². The van der Waals surface area contributed by atoms with Gasteiger partial charge in [-0.2, -0.15) is 54.1 Å². The number of anilines is 4. The van der Waals surface area contributed by atoms with E-state index in [4.69, 9.17) is 0 Å². The van der Waals surface area contributed by atoms with Gasteiger partial charge >= 0.3 is 0 Å². The van der Waals surface area contributed by atoms with Crippen LogP contribution in [0.5, 0.6) is 17.2 Å². The van der Waals surface area contributed by atoms with E-state index in [1.54, 1.807) is 0 Å². The summed E-state index contributed by atoms with van der Waals surface area (Å²) in [4.78, 5) is 17.2. The minimum atomic E-state index is -5.09. The fraction of sp³-hybridized carbons (Fsp3) is 0.0244. The molecule has 0 radical (unpaired) electrons. The highest BCUT2D eigenvalue weighted by molar-refractivity contribution is 7.86. The molecule has 384 valence electrons. The smallest absolute Gasteiger partial charge is 0.296 e. The zero-order chi connectivity index (χ0) is 54.5. The van der Waals surface area contributed by atoms with Gasteiger partial charge in [0.2, 0.25) is 0 Å². The molecule has 0 aliphatic rings. The van der Waals surface area contributed by atoms with Crippen LogP contribution in [0.3, 0.4) is 0 Å². The molecule has 7 aromatic rings. The summed E-state index contributed by atoms with van der Waals surface area (Å²) in [6.07, 6.45) is 0. The summed E-state index contributed by atoms with van der Waals surface area (Å²) < 4.78 is 132. The van der Waals surface area contributed by atoms with Gasteiger partial charge in [0.1, 0.15) is 31.9 Å². The van der Waals surface area contributed by atoms with Gasteiger partial charge in [0, 0.05) is 42.7 Å². The predicted molar refractivity (Wildman–Crippen MR) is 259 cm³/mol. The molecule has 0 aliphatic heterocycles. The van der Waals surface area contributed by atoms with Crippen molar-refractivity contribution in [2.75, 3.05) is 17.7 Å². The number of benzene rings is 7. The second kappa shape index (κ2) is 21.4. The van der Waals surface area contributed by atoms with Crippen molar-refractivity contribution >= 4 is 114 Å². The average Bonchev–Trinajstić information content (AvgIpc) is 3.31. The van der Waals surface area contributed by atoms with Crippen molar-refractivity contribution < 1.29 is 77.0 Å². The molecule has 74 heavy (non-hydrogen) atoms. The molecule has 7 aromatic carbocycles. The van der Waals surface area contributed by atoms with Crippen LogP contribution in [-0.4, -0.2) is 84.1 Å². The fourth-order valence-electron chi connectivity index (χ4n) is 6.32. The number of hydrogen-bond acceptors (Lipinski definition) is 23.